The molecule has 1 amide bonds. The van der Waals surface area contributed by atoms with E-state index in [0.29, 0.717) is 11.8 Å². The van der Waals surface area contributed by atoms with Crippen molar-refractivity contribution in [3.8, 4) is 0 Å². The maximum Gasteiger partial charge on any atom is 0.230 e. The second-order valence-corrected chi connectivity index (χ2v) is 10.2. The molecule has 2 unspecified atom stereocenters. The Kier molecular flexibility index (Phi) is 3.98. The molecule has 0 spiro atoms. The summed E-state index contributed by atoms with van der Waals surface area (Å²) in [5.74, 6) is 1.67. The summed E-state index contributed by atoms with van der Waals surface area (Å²) in [6, 6.07) is 15.5. The molecule has 146 valence electrons. The van der Waals surface area contributed by atoms with E-state index in [2.05, 4.69) is 68.6 Å². The van der Waals surface area contributed by atoms with Crippen LogP contribution in [0.15, 0.2) is 42.5 Å². The molecule has 0 aromatic heterocycles. The molecule has 2 aromatic carbocycles. The lowest BCUT2D eigenvalue weighted by atomic mass is 9.42. The summed E-state index contributed by atoms with van der Waals surface area (Å²) >= 11 is 0. The average molecular weight is 374 g/mol. The molecule has 1 N–H and O–H groups in total. The van der Waals surface area contributed by atoms with Gasteiger partial charge in [-0.05, 0) is 93.7 Å². The second kappa shape index (κ2) is 6.20. The molecule has 4 aliphatic carbocycles. The minimum absolute atomic E-state index is 0.188. The van der Waals surface area contributed by atoms with Crippen LogP contribution in [0.3, 0.4) is 0 Å². The number of rotatable bonds is 3. The fourth-order valence-electron chi connectivity index (χ4n) is 6.98. The van der Waals surface area contributed by atoms with Crippen molar-refractivity contribution < 1.29 is 4.79 Å². The summed E-state index contributed by atoms with van der Waals surface area (Å²) in [5.41, 5.74) is 6.18. The third-order valence-electron chi connectivity index (χ3n) is 7.84. The number of benzene rings is 2. The molecule has 2 heteroatoms. The zero-order valence-corrected chi connectivity index (χ0v) is 17.3. The standard InChI is InChI=1S/C26H31NO/c1-17-4-7-22(8-5-17)25-12-20-11-21(13-25)15-26(14-20,16-25)24(28)27-23-9-6-18(2)10-19(23)3/h4-10,20-21H,11-16H2,1-3H3,(H,27,28). The number of carbonyl (C=O) groups is 1. The highest BCUT2D eigenvalue weighted by Crippen LogP contribution is 2.66. The summed E-state index contributed by atoms with van der Waals surface area (Å²) in [4.78, 5) is 13.6. The molecule has 0 heterocycles. The van der Waals surface area contributed by atoms with Gasteiger partial charge in [-0.1, -0.05) is 47.5 Å². The Bertz CT molecular complexity index is 912. The number of hydrogen-bond acceptors (Lipinski definition) is 1. The van der Waals surface area contributed by atoms with Crippen LogP contribution in [-0.4, -0.2) is 5.91 Å². The molecule has 6 rings (SSSR count). The first kappa shape index (κ1) is 18.0. The quantitative estimate of drug-likeness (QED) is 0.693. The predicted octanol–water partition coefficient (Wildman–Crippen LogP) is 6.09. The molecule has 28 heavy (non-hydrogen) atoms. The van der Waals surface area contributed by atoms with E-state index in [4.69, 9.17) is 0 Å². The molecule has 4 aliphatic rings. The largest absolute Gasteiger partial charge is 0.325 e. The normalized spacial score (nSPS) is 33.1. The van der Waals surface area contributed by atoms with Crippen LogP contribution in [0.1, 0.15) is 60.8 Å². The number of nitrogens with one attached hydrogen (secondary N) is 1. The molecule has 2 nitrogen and oxygen atoms in total. The molecule has 4 bridgehead atoms. The smallest absolute Gasteiger partial charge is 0.230 e. The van der Waals surface area contributed by atoms with E-state index in [-0.39, 0.29) is 16.7 Å². The maximum absolute atomic E-state index is 13.6. The van der Waals surface area contributed by atoms with E-state index in [1.54, 1.807) is 0 Å². The monoisotopic (exact) mass is 373 g/mol. The molecule has 4 saturated carbocycles. The molecule has 2 atom stereocenters. The van der Waals surface area contributed by atoms with Gasteiger partial charge in [-0.2, -0.15) is 0 Å². The highest BCUT2D eigenvalue weighted by atomic mass is 16.2. The van der Waals surface area contributed by atoms with Crippen LogP contribution in [0.4, 0.5) is 5.69 Å². The van der Waals surface area contributed by atoms with Gasteiger partial charge in [0.25, 0.3) is 0 Å². The number of amides is 1. The molecule has 0 saturated heterocycles. The van der Waals surface area contributed by atoms with Gasteiger partial charge in [-0.3, -0.25) is 4.79 Å². The van der Waals surface area contributed by atoms with E-state index >= 15 is 0 Å². The van der Waals surface area contributed by atoms with Crippen LogP contribution in [0.25, 0.3) is 0 Å². The van der Waals surface area contributed by atoms with Gasteiger partial charge in [-0.15, -0.1) is 0 Å². The van der Waals surface area contributed by atoms with Gasteiger partial charge in [0.15, 0.2) is 0 Å². The zero-order valence-electron chi connectivity index (χ0n) is 17.3. The Morgan fingerprint density at radius 1 is 0.893 bits per heavy atom. The van der Waals surface area contributed by atoms with Crippen LogP contribution in [0.2, 0.25) is 0 Å². The van der Waals surface area contributed by atoms with Crippen molar-refractivity contribution in [2.75, 3.05) is 5.32 Å². The molecule has 2 aromatic rings. The summed E-state index contributed by atoms with van der Waals surface area (Å²) in [5, 5.41) is 3.33. The van der Waals surface area contributed by atoms with Crippen LogP contribution in [-0.2, 0) is 10.2 Å². The van der Waals surface area contributed by atoms with E-state index in [0.717, 1.165) is 30.5 Å². The van der Waals surface area contributed by atoms with E-state index in [9.17, 15) is 4.79 Å². The first-order valence-electron chi connectivity index (χ1n) is 10.8. The third kappa shape index (κ3) is 2.80. The lowest BCUT2D eigenvalue weighted by Crippen LogP contribution is -2.58. The first-order valence-corrected chi connectivity index (χ1v) is 10.8. The average Bonchev–Trinajstić information content (AvgIpc) is 2.63. The van der Waals surface area contributed by atoms with Crippen LogP contribution < -0.4 is 5.32 Å². The predicted molar refractivity (Wildman–Crippen MR) is 115 cm³/mol. The molecular weight excluding hydrogens is 342 g/mol. The lowest BCUT2D eigenvalue weighted by Gasteiger charge is -2.61. The number of aryl methyl sites for hydroxylation is 3. The number of anilines is 1. The van der Waals surface area contributed by atoms with Crippen LogP contribution >= 0.6 is 0 Å². The van der Waals surface area contributed by atoms with Gasteiger partial charge in [-0.25, -0.2) is 0 Å². The van der Waals surface area contributed by atoms with Crippen LogP contribution in [0, 0.1) is 38.0 Å². The van der Waals surface area contributed by atoms with Gasteiger partial charge in [0.1, 0.15) is 0 Å². The Morgan fingerprint density at radius 3 is 2.18 bits per heavy atom. The van der Waals surface area contributed by atoms with Gasteiger partial charge < -0.3 is 5.32 Å². The Hall–Kier alpha value is -2.09. The molecular formula is C26H31NO. The van der Waals surface area contributed by atoms with Crippen molar-refractivity contribution in [1.29, 1.82) is 0 Å². The lowest BCUT2D eigenvalue weighted by molar-refractivity contribution is -0.143. The Balaban J connectivity index is 1.47. The fourth-order valence-corrected chi connectivity index (χ4v) is 6.98. The van der Waals surface area contributed by atoms with E-state index in [1.807, 2.05) is 0 Å². The van der Waals surface area contributed by atoms with Crippen molar-refractivity contribution in [2.24, 2.45) is 17.3 Å². The van der Waals surface area contributed by atoms with Crippen molar-refractivity contribution in [1.82, 2.24) is 0 Å². The minimum Gasteiger partial charge on any atom is -0.325 e. The third-order valence-corrected chi connectivity index (χ3v) is 7.84. The number of carbonyl (C=O) groups excluding carboxylic acids is 1. The van der Waals surface area contributed by atoms with Crippen molar-refractivity contribution >= 4 is 11.6 Å². The van der Waals surface area contributed by atoms with Crippen molar-refractivity contribution in [2.45, 2.75) is 64.7 Å². The Morgan fingerprint density at radius 2 is 1.54 bits per heavy atom. The maximum atomic E-state index is 13.6. The molecule has 0 radical (unpaired) electrons. The molecule has 4 fully saturated rings. The topological polar surface area (TPSA) is 29.1 Å². The van der Waals surface area contributed by atoms with Crippen molar-refractivity contribution in [3.63, 3.8) is 0 Å². The fraction of sp³-hybridized carbons (Fsp3) is 0.500. The second-order valence-electron chi connectivity index (χ2n) is 10.2. The van der Waals surface area contributed by atoms with Gasteiger partial charge >= 0.3 is 0 Å². The van der Waals surface area contributed by atoms with E-state index in [1.165, 1.54) is 36.0 Å². The summed E-state index contributed by atoms with van der Waals surface area (Å²) in [6.07, 6.45) is 7.04. The summed E-state index contributed by atoms with van der Waals surface area (Å²) in [7, 11) is 0. The van der Waals surface area contributed by atoms with Gasteiger partial charge in [0.2, 0.25) is 5.91 Å². The van der Waals surface area contributed by atoms with E-state index < -0.39 is 0 Å². The highest BCUT2D eigenvalue weighted by Gasteiger charge is 2.60. The van der Waals surface area contributed by atoms with Gasteiger partial charge in [0, 0.05) is 5.69 Å². The Labute approximate surface area is 168 Å². The number of hydrogen-bond donors (Lipinski definition) is 1. The van der Waals surface area contributed by atoms with Gasteiger partial charge in [0.05, 0.1) is 5.41 Å². The zero-order chi connectivity index (χ0) is 19.5. The SMILES string of the molecule is Cc1ccc(C23CC4CC(CC(C(=O)Nc5ccc(C)cc5C)(C4)C2)C3)cc1. The molecule has 0 aliphatic heterocycles. The highest BCUT2D eigenvalue weighted by molar-refractivity contribution is 5.96. The minimum atomic E-state index is -0.188. The van der Waals surface area contributed by atoms with Crippen LogP contribution in [0.5, 0.6) is 0 Å². The summed E-state index contributed by atoms with van der Waals surface area (Å²) < 4.78 is 0. The summed E-state index contributed by atoms with van der Waals surface area (Å²) in [6.45, 7) is 6.35. The first-order chi connectivity index (χ1) is 13.4. The van der Waals surface area contributed by atoms with Crippen molar-refractivity contribution in [3.05, 3.63) is 64.7 Å².